The van der Waals surface area contributed by atoms with E-state index in [-0.39, 0.29) is 0 Å². The van der Waals surface area contributed by atoms with Gasteiger partial charge in [0.25, 0.3) is 0 Å². The largest absolute Gasteiger partial charge is 0.478 e. The van der Waals surface area contributed by atoms with Gasteiger partial charge >= 0.3 is 5.97 Å². The Labute approximate surface area is 126 Å². The number of nitrogens with zero attached hydrogens (tertiary/aromatic N) is 2. The number of hydrogen-bond acceptors (Lipinski definition) is 3. The predicted molar refractivity (Wildman–Crippen MR) is 84.1 cm³/mol. The molecular weight excluding hydrogens is 284 g/mol. The number of aromatic nitrogens is 2. The molecule has 0 radical (unpaired) electrons. The number of thiazole rings is 1. The molecule has 0 unspecified atom stereocenters. The van der Waals surface area contributed by atoms with Crippen molar-refractivity contribution in [2.75, 3.05) is 0 Å². The fourth-order valence-electron chi connectivity index (χ4n) is 2.40. The first-order valence-electron chi connectivity index (χ1n) is 6.93. The molecule has 5 heteroatoms. The summed E-state index contributed by atoms with van der Waals surface area (Å²) in [6.07, 6.45) is 4.12. The second-order valence-electron chi connectivity index (χ2n) is 5.00. The van der Waals surface area contributed by atoms with E-state index >= 15 is 0 Å². The molecule has 3 rings (SSSR count). The van der Waals surface area contributed by atoms with Crippen molar-refractivity contribution in [3.63, 3.8) is 0 Å². The Morgan fingerprint density at radius 2 is 2.24 bits per heavy atom. The third-order valence-electron chi connectivity index (χ3n) is 3.41. The summed E-state index contributed by atoms with van der Waals surface area (Å²) in [6.45, 7) is 2.87. The molecule has 2 aromatic heterocycles. The van der Waals surface area contributed by atoms with Gasteiger partial charge in [0.2, 0.25) is 0 Å². The fraction of sp³-hybridized carbons (Fsp3) is 0.250. The van der Waals surface area contributed by atoms with Gasteiger partial charge < -0.3 is 9.67 Å². The molecule has 1 aromatic carbocycles. The lowest BCUT2D eigenvalue weighted by Crippen LogP contribution is -1.99. The van der Waals surface area contributed by atoms with Gasteiger partial charge in [-0.3, -0.25) is 0 Å². The molecular formula is C16H16N2O2S. The van der Waals surface area contributed by atoms with E-state index in [0.29, 0.717) is 5.56 Å². The van der Waals surface area contributed by atoms with Crippen molar-refractivity contribution in [2.45, 2.75) is 26.3 Å². The monoisotopic (exact) mass is 300 g/mol. The average Bonchev–Trinajstić information content (AvgIpc) is 3.07. The molecule has 108 valence electrons. The van der Waals surface area contributed by atoms with Crippen LogP contribution >= 0.6 is 11.3 Å². The van der Waals surface area contributed by atoms with Crippen molar-refractivity contribution in [1.82, 2.24) is 9.55 Å². The van der Waals surface area contributed by atoms with Gasteiger partial charge in [-0.25, -0.2) is 9.78 Å². The first-order chi connectivity index (χ1) is 10.2. The van der Waals surface area contributed by atoms with Crippen molar-refractivity contribution in [2.24, 2.45) is 0 Å². The van der Waals surface area contributed by atoms with E-state index in [1.165, 1.54) is 5.01 Å². The number of aromatic carboxylic acids is 1. The van der Waals surface area contributed by atoms with Crippen molar-refractivity contribution in [3.05, 3.63) is 52.1 Å². The van der Waals surface area contributed by atoms with Crippen LogP contribution in [0.3, 0.4) is 0 Å². The number of aryl methyl sites for hydroxylation is 1. The van der Waals surface area contributed by atoms with Gasteiger partial charge in [-0.05, 0) is 37.1 Å². The lowest BCUT2D eigenvalue weighted by atomic mass is 10.1. The molecule has 21 heavy (non-hydrogen) atoms. The standard InChI is InChI=1S/C16H16N2O2S/c1-2-3-15-17-13(10-21-15)9-18-7-6-11-8-12(16(19)20)4-5-14(11)18/h4-8,10H,2-3,9H2,1H3,(H,19,20). The van der Waals surface area contributed by atoms with E-state index in [9.17, 15) is 4.79 Å². The van der Waals surface area contributed by atoms with Crippen LogP contribution in [-0.2, 0) is 13.0 Å². The maximum Gasteiger partial charge on any atom is 0.335 e. The van der Waals surface area contributed by atoms with Crippen molar-refractivity contribution >= 4 is 28.2 Å². The van der Waals surface area contributed by atoms with E-state index in [2.05, 4.69) is 21.9 Å². The van der Waals surface area contributed by atoms with Crippen LogP contribution in [0.15, 0.2) is 35.8 Å². The number of rotatable bonds is 5. The van der Waals surface area contributed by atoms with Crippen LogP contribution in [0.1, 0.15) is 34.4 Å². The van der Waals surface area contributed by atoms with Crippen molar-refractivity contribution in [1.29, 1.82) is 0 Å². The van der Waals surface area contributed by atoms with E-state index in [4.69, 9.17) is 5.11 Å². The molecule has 2 heterocycles. The summed E-state index contributed by atoms with van der Waals surface area (Å²) in [7, 11) is 0. The second kappa shape index (κ2) is 5.69. The average molecular weight is 300 g/mol. The Hall–Kier alpha value is -2.14. The number of benzene rings is 1. The van der Waals surface area contributed by atoms with Crippen LogP contribution in [0.2, 0.25) is 0 Å². The molecule has 1 N–H and O–H groups in total. The van der Waals surface area contributed by atoms with E-state index in [1.807, 2.05) is 18.3 Å². The molecule has 0 saturated heterocycles. The van der Waals surface area contributed by atoms with E-state index in [1.54, 1.807) is 23.5 Å². The first-order valence-corrected chi connectivity index (χ1v) is 7.81. The van der Waals surface area contributed by atoms with Gasteiger partial charge in [0, 0.05) is 22.5 Å². The molecule has 4 nitrogen and oxygen atoms in total. The summed E-state index contributed by atoms with van der Waals surface area (Å²) >= 11 is 1.71. The number of carboxylic acids is 1. The van der Waals surface area contributed by atoms with Gasteiger partial charge in [0.05, 0.1) is 22.8 Å². The first kappa shape index (κ1) is 13.8. The summed E-state index contributed by atoms with van der Waals surface area (Å²) in [5.41, 5.74) is 2.41. The minimum atomic E-state index is -0.895. The highest BCUT2D eigenvalue weighted by molar-refractivity contribution is 7.09. The Bertz CT molecular complexity index is 789. The van der Waals surface area contributed by atoms with Crippen LogP contribution in [0, 0.1) is 0 Å². The molecule has 0 amide bonds. The van der Waals surface area contributed by atoms with Gasteiger partial charge in [0.1, 0.15) is 0 Å². The minimum absolute atomic E-state index is 0.319. The SMILES string of the molecule is CCCc1nc(Cn2ccc3cc(C(=O)O)ccc32)cs1. The summed E-state index contributed by atoms with van der Waals surface area (Å²) in [5, 5.41) is 13.2. The topological polar surface area (TPSA) is 55.1 Å². The van der Waals surface area contributed by atoms with Gasteiger partial charge in [-0.15, -0.1) is 11.3 Å². The molecule has 0 saturated carbocycles. The smallest absolute Gasteiger partial charge is 0.335 e. The molecule has 0 spiro atoms. The summed E-state index contributed by atoms with van der Waals surface area (Å²) in [4.78, 5) is 15.6. The van der Waals surface area contributed by atoms with Gasteiger partial charge in [-0.2, -0.15) is 0 Å². The highest BCUT2D eigenvalue weighted by atomic mass is 32.1. The maximum absolute atomic E-state index is 11.0. The summed E-state index contributed by atoms with van der Waals surface area (Å²) < 4.78 is 2.10. The van der Waals surface area contributed by atoms with Crippen LogP contribution in [0.5, 0.6) is 0 Å². The number of hydrogen-bond donors (Lipinski definition) is 1. The molecule has 0 fully saturated rings. The van der Waals surface area contributed by atoms with Crippen LogP contribution in [0.25, 0.3) is 10.9 Å². The second-order valence-corrected chi connectivity index (χ2v) is 5.95. The molecule has 0 aliphatic rings. The lowest BCUT2D eigenvalue weighted by Gasteiger charge is -2.03. The normalized spacial score (nSPS) is 11.1. The third kappa shape index (κ3) is 2.83. The van der Waals surface area contributed by atoms with Crippen molar-refractivity contribution < 1.29 is 9.90 Å². The number of carbonyl (C=O) groups is 1. The van der Waals surface area contributed by atoms with E-state index < -0.39 is 5.97 Å². The zero-order chi connectivity index (χ0) is 14.8. The minimum Gasteiger partial charge on any atom is -0.478 e. The zero-order valence-electron chi connectivity index (χ0n) is 11.7. The maximum atomic E-state index is 11.0. The molecule has 0 aliphatic heterocycles. The number of carboxylic acid groups (broad SMARTS) is 1. The predicted octanol–water partition coefficient (Wildman–Crippen LogP) is 3.80. The lowest BCUT2D eigenvalue weighted by molar-refractivity contribution is 0.0697. The van der Waals surface area contributed by atoms with Crippen LogP contribution < -0.4 is 0 Å². The number of fused-ring (bicyclic) bond motifs is 1. The fourth-order valence-corrected chi connectivity index (χ4v) is 3.29. The Morgan fingerprint density at radius 3 is 3.00 bits per heavy atom. The van der Waals surface area contributed by atoms with Crippen molar-refractivity contribution in [3.8, 4) is 0 Å². The quantitative estimate of drug-likeness (QED) is 0.780. The Morgan fingerprint density at radius 1 is 1.38 bits per heavy atom. The molecule has 0 atom stereocenters. The Balaban J connectivity index is 1.88. The highest BCUT2D eigenvalue weighted by Gasteiger charge is 2.08. The van der Waals surface area contributed by atoms with Gasteiger partial charge in [-0.1, -0.05) is 6.92 Å². The summed E-state index contributed by atoms with van der Waals surface area (Å²) in [5.74, 6) is -0.895. The molecule has 0 bridgehead atoms. The Kier molecular flexibility index (Phi) is 3.75. The van der Waals surface area contributed by atoms with Crippen LogP contribution in [-0.4, -0.2) is 20.6 Å². The highest BCUT2D eigenvalue weighted by Crippen LogP contribution is 2.20. The van der Waals surface area contributed by atoms with Crippen LogP contribution in [0.4, 0.5) is 0 Å². The molecule has 3 aromatic rings. The van der Waals surface area contributed by atoms with E-state index in [0.717, 1.165) is 36.0 Å². The molecule has 0 aliphatic carbocycles. The third-order valence-corrected chi connectivity index (χ3v) is 4.37. The summed E-state index contributed by atoms with van der Waals surface area (Å²) in [6, 6.07) is 7.15. The van der Waals surface area contributed by atoms with Gasteiger partial charge in [0.15, 0.2) is 0 Å². The zero-order valence-corrected chi connectivity index (χ0v) is 12.6.